The number of fused-ring (bicyclic) bond motifs is 1. The molecule has 1 saturated heterocycles. The molecule has 1 fully saturated rings. The van der Waals surface area contributed by atoms with Crippen molar-refractivity contribution in [1.29, 1.82) is 0 Å². The van der Waals surface area contributed by atoms with Crippen molar-refractivity contribution in [1.82, 2.24) is 15.0 Å². The SMILES string of the molecule is CCc1c[nH]c2ncnc(N3CC(O)(c4c(F)cccc4F)C3)c12. The number of aromatic amines is 1. The fourth-order valence-electron chi connectivity index (χ4n) is 3.36. The van der Waals surface area contributed by atoms with E-state index < -0.39 is 17.2 Å². The number of rotatable bonds is 3. The lowest BCUT2D eigenvalue weighted by Gasteiger charge is -2.47. The normalized spacial score (nSPS) is 16.4. The van der Waals surface area contributed by atoms with Crippen LogP contribution in [0.1, 0.15) is 18.1 Å². The third kappa shape index (κ3) is 2.08. The number of nitrogens with one attached hydrogen (secondary N) is 1. The summed E-state index contributed by atoms with van der Waals surface area (Å²) in [5.74, 6) is -0.804. The second-order valence-corrected chi connectivity index (χ2v) is 6.07. The van der Waals surface area contributed by atoms with Crippen molar-refractivity contribution in [3.63, 3.8) is 0 Å². The number of aryl methyl sites for hydroxylation is 1. The number of benzene rings is 1. The largest absolute Gasteiger partial charge is 0.381 e. The van der Waals surface area contributed by atoms with Crippen LogP contribution in [0.4, 0.5) is 14.6 Å². The maximum atomic E-state index is 14.0. The number of H-pyrrole nitrogens is 1. The molecule has 24 heavy (non-hydrogen) atoms. The molecule has 1 aliphatic rings. The van der Waals surface area contributed by atoms with Gasteiger partial charge in [-0.15, -0.1) is 0 Å². The standard InChI is InChI=1S/C17H16F2N4O/c1-2-10-6-20-15-13(10)16(22-9-21-15)23-7-17(24,8-23)14-11(18)4-3-5-12(14)19/h3-6,9,24H,2,7-8H2,1H3,(H,20,21,22). The molecule has 124 valence electrons. The lowest BCUT2D eigenvalue weighted by molar-refractivity contribution is 0.000584. The van der Waals surface area contributed by atoms with Crippen molar-refractivity contribution >= 4 is 16.9 Å². The average Bonchev–Trinajstić information content (AvgIpc) is 2.95. The van der Waals surface area contributed by atoms with Gasteiger partial charge in [0, 0.05) is 6.20 Å². The van der Waals surface area contributed by atoms with Crippen LogP contribution in [0.5, 0.6) is 0 Å². The molecule has 7 heteroatoms. The molecule has 0 aliphatic carbocycles. The van der Waals surface area contributed by atoms with Gasteiger partial charge in [-0.25, -0.2) is 18.7 Å². The quantitative estimate of drug-likeness (QED) is 0.774. The topological polar surface area (TPSA) is 65.0 Å². The summed E-state index contributed by atoms with van der Waals surface area (Å²) >= 11 is 0. The molecule has 0 amide bonds. The molecule has 0 spiro atoms. The number of anilines is 1. The van der Waals surface area contributed by atoms with E-state index in [2.05, 4.69) is 15.0 Å². The third-order valence-electron chi connectivity index (χ3n) is 4.54. The van der Waals surface area contributed by atoms with E-state index in [4.69, 9.17) is 0 Å². The van der Waals surface area contributed by atoms with Gasteiger partial charge in [-0.2, -0.15) is 0 Å². The maximum absolute atomic E-state index is 14.0. The first-order chi connectivity index (χ1) is 11.5. The van der Waals surface area contributed by atoms with Crippen LogP contribution in [0.25, 0.3) is 11.0 Å². The van der Waals surface area contributed by atoms with Crippen LogP contribution in [0, 0.1) is 11.6 Å². The van der Waals surface area contributed by atoms with Gasteiger partial charge in [-0.1, -0.05) is 13.0 Å². The number of hydrogen-bond acceptors (Lipinski definition) is 4. The van der Waals surface area contributed by atoms with E-state index in [9.17, 15) is 13.9 Å². The molecule has 1 aromatic carbocycles. The molecule has 3 aromatic rings. The Hall–Kier alpha value is -2.54. The maximum Gasteiger partial charge on any atom is 0.143 e. The fraction of sp³-hybridized carbons (Fsp3) is 0.294. The lowest BCUT2D eigenvalue weighted by atomic mass is 9.85. The molecule has 0 atom stereocenters. The summed E-state index contributed by atoms with van der Waals surface area (Å²) < 4.78 is 27.9. The second kappa shape index (κ2) is 5.24. The zero-order valence-electron chi connectivity index (χ0n) is 13.1. The zero-order valence-corrected chi connectivity index (χ0v) is 13.1. The van der Waals surface area contributed by atoms with Gasteiger partial charge in [-0.3, -0.25) is 0 Å². The molecule has 5 nitrogen and oxygen atoms in total. The minimum absolute atomic E-state index is 0.0747. The van der Waals surface area contributed by atoms with Gasteiger partial charge in [0.1, 0.15) is 35.0 Å². The second-order valence-electron chi connectivity index (χ2n) is 6.07. The Morgan fingerprint density at radius 2 is 1.96 bits per heavy atom. The lowest BCUT2D eigenvalue weighted by Crippen LogP contribution is -2.60. The molecule has 3 heterocycles. The molecule has 0 radical (unpaired) electrons. The molecule has 2 aromatic heterocycles. The van der Waals surface area contributed by atoms with E-state index in [0.717, 1.165) is 29.5 Å². The molecule has 0 unspecified atom stereocenters. The number of aromatic nitrogens is 3. The van der Waals surface area contributed by atoms with Crippen LogP contribution < -0.4 is 4.90 Å². The summed E-state index contributed by atoms with van der Waals surface area (Å²) in [6, 6.07) is 3.60. The third-order valence-corrected chi connectivity index (χ3v) is 4.54. The summed E-state index contributed by atoms with van der Waals surface area (Å²) in [6.45, 7) is 2.18. The number of hydrogen-bond donors (Lipinski definition) is 2. The van der Waals surface area contributed by atoms with Crippen molar-refractivity contribution < 1.29 is 13.9 Å². The highest BCUT2D eigenvalue weighted by Gasteiger charge is 2.47. The number of halogens is 2. The molecule has 2 N–H and O–H groups in total. The first-order valence-corrected chi connectivity index (χ1v) is 7.76. The van der Waals surface area contributed by atoms with Crippen LogP contribution in [0.3, 0.4) is 0 Å². The van der Waals surface area contributed by atoms with Crippen molar-refractivity contribution in [3.8, 4) is 0 Å². The van der Waals surface area contributed by atoms with Gasteiger partial charge in [0.25, 0.3) is 0 Å². The average molecular weight is 330 g/mol. The number of aliphatic hydroxyl groups is 1. The van der Waals surface area contributed by atoms with Crippen LogP contribution in [-0.4, -0.2) is 33.1 Å². The van der Waals surface area contributed by atoms with E-state index in [1.165, 1.54) is 12.4 Å². The van der Waals surface area contributed by atoms with Crippen molar-refractivity contribution in [2.24, 2.45) is 0 Å². The Morgan fingerprint density at radius 3 is 2.62 bits per heavy atom. The minimum Gasteiger partial charge on any atom is -0.381 e. The van der Waals surface area contributed by atoms with Crippen molar-refractivity contribution in [2.75, 3.05) is 18.0 Å². The molecular weight excluding hydrogens is 314 g/mol. The van der Waals surface area contributed by atoms with Gasteiger partial charge < -0.3 is 15.0 Å². The van der Waals surface area contributed by atoms with Gasteiger partial charge >= 0.3 is 0 Å². The highest BCUT2D eigenvalue weighted by atomic mass is 19.1. The van der Waals surface area contributed by atoms with Gasteiger partial charge in [-0.05, 0) is 24.1 Å². The number of nitrogens with zero attached hydrogens (tertiary/aromatic N) is 3. The molecule has 0 saturated carbocycles. The zero-order chi connectivity index (χ0) is 16.9. The highest BCUT2D eigenvalue weighted by molar-refractivity contribution is 5.91. The Morgan fingerprint density at radius 1 is 1.25 bits per heavy atom. The monoisotopic (exact) mass is 330 g/mol. The Kier molecular flexibility index (Phi) is 3.28. The summed E-state index contributed by atoms with van der Waals surface area (Å²) in [7, 11) is 0. The summed E-state index contributed by atoms with van der Waals surface area (Å²) in [5, 5.41) is 11.5. The van der Waals surface area contributed by atoms with E-state index in [-0.39, 0.29) is 18.7 Å². The number of β-amino-alcohol motifs (C(OH)–C–C–N with tert-alkyl or cyclic N) is 1. The first kappa shape index (κ1) is 15.0. The molecule has 4 rings (SSSR count). The smallest absolute Gasteiger partial charge is 0.143 e. The molecule has 1 aliphatic heterocycles. The predicted molar refractivity (Wildman–Crippen MR) is 85.7 cm³/mol. The fourth-order valence-corrected chi connectivity index (χ4v) is 3.36. The van der Waals surface area contributed by atoms with Crippen LogP contribution >= 0.6 is 0 Å². The highest BCUT2D eigenvalue weighted by Crippen LogP contribution is 2.39. The van der Waals surface area contributed by atoms with E-state index in [0.29, 0.717) is 11.5 Å². The Labute approximate surface area is 137 Å². The summed E-state index contributed by atoms with van der Waals surface area (Å²) in [6.07, 6.45) is 4.13. The Bertz CT molecular complexity index is 898. The molecular formula is C17H16F2N4O. The van der Waals surface area contributed by atoms with Crippen LogP contribution in [0.2, 0.25) is 0 Å². The predicted octanol–water partition coefficient (Wildman–Crippen LogP) is 2.51. The van der Waals surface area contributed by atoms with Gasteiger partial charge in [0.2, 0.25) is 0 Å². The van der Waals surface area contributed by atoms with Crippen molar-refractivity contribution in [2.45, 2.75) is 18.9 Å². The molecule has 0 bridgehead atoms. The first-order valence-electron chi connectivity index (χ1n) is 7.76. The van der Waals surface area contributed by atoms with Crippen LogP contribution in [-0.2, 0) is 12.0 Å². The van der Waals surface area contributed by atoms with E-state index in [1.54, 1.807) is 0 Å². The van der Waals surface area contributed by atoms with Gasteiger partial charge in [0.15, 0.2) is 0 Å². The van der Waals surface area contributed by atoms with Crippen LogP contribution in [0.15, 0.2) is 30.7 Å². The minimum atomic E-state index is -1.56. The summed E-state index contributed by atoms with van der Waals surface area (Å²) in [4.78, 5) is 13.4. The Balaban J connectivity index is 1.70. The van der Waals surface area contributed by atoms with E-state index in [1.807, 2.05) is 18.0 Å². The summed E-state index contributed by atoms with van der Waals surface area (Å²) in [5.41, 5.74) is -0.0659. The van der Waals surface area contributed by atoms with Gasteiger partial charge in [0.05, 0.1) is 24.0 Å². The van der Waals surface area contributed by atoms with Crippen molar-refractivity contribution in [3.05, 3.63) is 53.5 Å². The van der Waals surface area contributed by atoms with E-state index >= 15 is 0 Å².